The van der Waals surface area contributed by atoms with E-state index >= 15 is 0 Å². The maximum atomic E-state index is 11.1. The number of carbonyl (C=O) groups is 1. The van der Waals surface area contributed by atoms with E-state index in [0.29, 0.717) is 5.92 Å². The molecule has 1 aliphatic carbocycles. The van der Waals surface area contributed by atoms with E-state index in [4.69, 9.17) is 9.84 Å². The van der Waals surface area contributed by atoms with Gasteiger partial charge in [-0.2, -0.15) is 0 Å². The number of carboxylic acid groups (broad SMARTS) is 1. The Morgan fingerprint density at radius 3 is 2.85 bits per heavy atom. The summed E-state index contributed by atoms with van der Waals surface area (Å²) >= 11 is 0. The van der Waals surface area contributed by atoms with Gasteiger partial charge in [-0.1, -0.05) is 12.1 Å². The summed E-state index contributed by atoms with van der Waals surface area (Å²) in [4.78, 5) is 11.1. The molecule has 0 spiro atoms. The number of benzene rings is 1. The number of hydrogen-bond donors (Lipinski definition) is 1. The fourth-order valence-electron chi connectivity index (χ4n) is 3.13. The van der Waals surface area contributed by atoms with Gasteiger partial charge in [-0.3, -0.25) is 4.79 Å². The molecule has 3 rings (SSSR count). The van der Waals surface area contributed by atoms with E-state index in [1.54, 1.807) is 0 Å². The highest BCUT2D eigenvalue weighted by atomic mass is 16.5. The van der Waals surface area contributed by atoms with Crippen molar-refractivity contribution in [3.8, 4) is 5.75 Å². The highest BCUT2D eigenvalue weighted by molar-refractivity contribution is 5.68. The maximum absolute atomic E-state index is 11.1. The monoisotopic (exact) mass is 274 g/mol. The van der Waals surface area contributed by atoms with E-state index < -0.39 is 5.97 Å². The van der Waals surface area contributed by atoms with E-state index in [0.717, 1.165) is 37.0 Å². The molecular formula is C17H22O3. The summed E-state index contributed by atoms with van der Waals surface area (Å²) in [7, 11) is 0. The highest BCUT2D eigenvalue weighted by Gasteiger charge is 2.35. The van der Waals surface area contributed by atoms with Crippen molar-refractivity contribution in [1.29, 1.82) is 0 Å². The Balaban J connectivity index is 1.88. The molecule has 1 aromatic carbocycles. The van der Waals surface area contributed by atoms with Crippen molar-refractivity contribution in [2.75, 3.05) is 0 Å². The van der Waals surface area contributed by atoms with E-state index in [1.165, 1.54) is 5.56 Å². The maximum Gasteiger partial charge on any atom is 0.303 e. The first-order valence-corrected chi connectivity index (χ1v) is 7.48. The molecule has 3 heteroatoms. The molecule has 0 bridgehead atoms. The Morgan fingerprint density at radius 1 is 1.45 bits per heavy atom. The lowest BCUT2D eigenvalue weighted by Gasteiger charge is -2.33. The zero-order valence-electron chi connectivity index (χ0n) is 12.2. The van der Waals surface area contributed by atoms with Crippen molar-refractivity contribution in [1.82, 2.24) is 0 Å². The number of aliphatic carboxylic acids is 1. The average molecular weight is 274 g/mol. The van der Waals surface area contributed by atoms with Gasteiger partial charge in [0.2, 0.25) is 0 Å². The second-order valence-corrected chi connectivity index (χ2v) is 6.77. The third-order valence-electron chi connectivity index (χ3n) is 4.49. The second-order valence-electron chi connectivity index (χ2n) is 6.77. The number of carboxylic acids is 1. The normalized spacial score (nSPS) is 21.7. The SMILES string of the molecule is CC1(C)CCc2ccc(C(CC(=O)O)C3CC3)cc2O1. The van der Waals surface area contributed by atoms with Crippen LogP contribution in [0.25, 0.3) is 0 Å². The van der Waals surface area contributed by atoms with Crippen LogP contribution in [0.5, 0.6) is 5.75 Å². The van der Waals surface area contributed by atoms with Gasteiger partial charge in [0.05, 0.1) is 6.42 Å². The molecule has 0 aromatic heterocycles. The largest absolute Gasteiger partial charge is 0.488 e. The number of fused-ring (bicyclic) bond motifs is 1. The van der Waals surface area contributed by atoms with Gasteiger partial charge in [0, 0.05) is 0 Å². The van der Waals surface area contributed by atoms with Gasteiger partial charge in [-0.15, -0.1) is 0 Å². The Labute approximate surface area is 120 Å². The quantitative estimate of drug-likeness (QED) is 0.909. The highest BCUT2D eigenvalue weighted by Crippen LogP contribution is 2.46. The van der Waals surface area contributed by atoms with Gasteiger partial charge in [-0.25, -0.2) is 0 Å². The fraction of sp³-hybridized carbons (Fsp3) is 0.588. The molecule has 0 saturated heterocycles. The van der Waals surface area contributed by atoms with Crippen molar-refractivity contribution in [3.05, 3.63) is 29.3 Å². The summed E-state index contributed by atoms with van der Waals surface area (Å²) in [5.74, 6) is 0.933. The van der Waals surface area contributed by atoms with Crippen molar-refractivity contribution in [3.63, 3.8) is 0 Å². The van der Waals surface area contributed by atoms with Crippen molar-refractivity contribution < 1.29 is 14.6 Å². The number of hydrogen-bond acceptors (Lipinski definition) is 2. The van der Waals surface area contributed by atoms with Crippen LogP contribution in [0.2, 0.25) is 0 Å². The number of rotatable bonds is 4. The summed E-state index contributed by atoms with van der Waals surface area (Å²) in [6.07, 6.45) is 4.60. The molecule has 1 N–H and O–H groups in total. The van der Waals surface area contributed by atoms with Crippen molar-refractivity contribution >= 4 is 5.97 Å². The number of aryl methyl sites for hydroxylation is 1. The molecular weight excluding hydrogens is 252 g/mol. The standard InChI is InChI=1S/C17H22O3/c1-17(2)8-7-12-5-6-13(9-15(12)20-17)14(10-16(18)19)11-3-4-11/h5-6,9,11,14H,3-4,7-8,10H2,1-2H3,(H,18,19). The van der Waals surface area contributed by atoms with Gasteiger partial charge in [0.1, 0.15) is 11.4 Å². The minimum Gasteiger partial charge on any atom is -0.488 e. The van der Waals surface area contributed by atoms with Gasteiger partial charge in [0.15, 0.2) is 0 Å². The Morgan fingerprint density at radius 2 is 2.20 bits per heavy atom. The smallest absolute Gasteiger partial charge is 0.303 e. The summed E-state index contributed by atoms with van der Waals surface area (Å²) < 4.78 is 6.07. The minimum atomic E-state index is -0.708. The lowest BCUT2D eigenvalue weighted by molar-refractivity contribution is -0.137. The first-order chi connectivity index (χ1) is 9.44. The molecule has 1 saturated carbocycles. The fourth-order valence-corrected chi connectivity index (χ4v) is 3.13. The summed E-state index contributed by atoms with van der Waals surface area (Å²) in [5, 5.41) is 9.11. The third-order valence-corrected chi connectivity index (χ3v) is 4.49. The molecule has 2 aliphatic rings. The first-order valence-electron chi connectivity index (χ1n) is 7.48. The first kappa shape index (κ1) is 13.5. The summed E-state index contributed by atoms with van der Waals surface area (Å²) in [6, 6.07) is 6.31. The van der Waals surface area contributed by atoms with Crippen LogP contribution in [0.4, 0.5) is 0 Å². The van der Waals surface area contributed by atoms with Crippen LogP contribution in [0, 0.1) is 5.92 Å². The third kappa shape index (κ3) is 2.82. The minimum absolute atomic E-state index is 0.118. The molecule has 0 amide bonds. The molecule has 3 nitrogen and oxygen atoms in total. The van der Waals surface area contributed by atoms with E-state index in [-0.39, 0.29) is 17.9 Å². The molecule has 108 valence electrons. The van der Waals surface area contributed by atoms with Crippen LogP contribution in [0.15, 0.2) is 18.2 Å². The average Bonchev–Trinajstić information content (AvgIpc) is 3.18. The predicted molar refractivity (Wildman–Crippen MR) is 77.2 cm³/mol. The molecule has 1 fully saturated rings. The van der Waals surface area contributed by atoms with Crippen molar-refractivity contribution in [2.24, 2.45) is 5.92 Å². The Kier molecular flexibility index (Phi) is 3.23. The van der Waals surface area contributed by atoms with Crippen LogP contribution < -0.4 is 4.74 Å². The Hall–Kier alpha value is -1.51. The van der Waals surface area contributed by atoms with Crippen LogP contribution >= 0.6 is 0 Å². The van der Waals surface area contributed by atoms with Gasteiger partial charge in [0.25, 0.3) is 0 Å². The van der Waals surface area contributed by atoms with Crippen LogP contribution in [0.1, 0.15) is 56.6 Å². The second kappa shape index (κ2) is 4.80. The lowest BCUT2D eigenvalue weighted by atomic mass is 9.88. The molecule has 1 aromatic rings. The Bertz CT molecular complexity index is 529. The lowest BCUT2D eigenvalue weighted by Crippen LogP contribution is -2.32. The summed E-state index contributed by atoms with van der Waals surface area (Å²) in [5.41, 5.74) is 2.26. The van der Waals surface area contributed by atoms with Gasteiger partial charge < -0.3 is 9.84 Å². The zero-order chi connectivity index (χ0) is 14.3. The van der Waals surface area contributed by atoms with E-state index in [9.17, 15) is 4.79 Å². The zero-order valence-corrected chi connectivity index (χ0v) is 12.2. The van der Waals surface area contributed by atoms with E-state index in [2.05, 4.69) is 32.0 Å². The van der Waals surface area contributed by atoms with Crippen LogP contribution in [0.3, 0.4) is 0 Å². The molecule has 1 heterocycles. The van der Waals surface area contributed by atoms with Gasteiger partial charge in [-0.05, 0) is 68.6 Å². The topological polar surface area (TPSA) is 46.5 Å². The van der Waals surface area contributed by atoms with Crippen molar-refractivity contribution in [2.45, 2.75) is 57.5 Å². The van der Waals surface area contributed by atoms with Crippen LogP contribution in [-0.2, 0) is 11.2 Å². The number of ether oxygens (including phenoxy) is 1. The molecule has 0 radical (unpaired) electrons. The van der Waals surface area contributed by atoms with Crippen LogP contribution in [-0.4, -0.2) is 16.7 Å². The summed E-state index contributed by atoms with van der Waals surface area (Å²) in [6.45, 7) is 4.22. The molecule has 1 atom stereocenters. The van der Waals surface area contributed by atoms with Gasteiger partial charge >= 0.3 is 5.97 Å². The molecule has 20 heavy (non-hydrogen) atoms. The van der Waals surface area contributed by atoms with E-state index in [1.807, 2.05) is 0 Å². The molecule has 1 aliphatic heterocycles. The predicted octanol–water partition coefficient (Wildman–Crippen LogP) is 3.76. The molecule has 1 unspecified atom stereocenters.